The molecule has 0 radical (unpaired) electrons. The summed E-state index contributed by atoms with van der Waals surface area (Å²) in [4.78, 5) is 28.6. The highest BCUT2D eigenvalue weighted by atomic mass is 35.5. The van der Waals surface area contributed by atoms with Gasteiger partial charge in [-0.05, 0) is 42.3 Å². The van der Waals surface area contributed by atoms with Crippen LogP contribution in [0.25, 0.3) is 0 Å². The van der Waals surface area contributed by atoms with E-state index < -0.39 is 28.5 Å². The van der Waals surface area contributed by atoms with E-state index in [1.807, 2.05) is 30.3 Å². The van der Waals surface area contributed by atoms with Crippen molar-refractivity contribution in [1.82, 2.24) is 10.2 Å². The van der Waals surface area contributed by atoms with Crippen LogP contribution in [-0.2, 0) is 32.6 Å². The molecule has 0 aliphatic rings. The first-order chi connectivity index (χ1) is 18.0. The molecule has 1 unspecified atom stereocenters. The van der Waals surface area contributed by atoms with E-state index >= 15 is 0 Å². The van der Waals surface area contributed by atoms with Crippen molar-refractivity contribution in [2.75, 3.05) is 23.7 Å². The third-order valence-corrected chi connectivity index (χ3v) is 8.04. The van der Waals surface area contributed by atoms with Crippen LogP contribution in [0.2, 0.25) is 15.1 Å². The highest BCUT2D eigenvalue weighted by Crippen LogP contribution is 2.29. The van der Waals surface area contributed by atoms with Crippen LogP contribution in [0.3, 0.4) is 0 Å². The number of rotatable bonds is 11. The molecule has 38 heavy (non-hydrogen) atoms. The highest BCUT2D eigenvalue weighted by Gasteiger charge is 2.33. The number of hydrogen-bond donors (Lipinski definition) is 1. The summed E-state index contributed by atoms with van der Waals surface area (Å²) in [5, 5.41) is 3.61. The van der Waals surface area contributed by atoms with Crippen molar-refractivity contribution >= 4 is 62.3 Å². The lowest BCUT2D eigenvalue weighted by atomic mass is 10.0. The van der Waals surface area contributed by atoms with Gasteiger partial charge in [-0.15, -0.1) is 0 Å². The minimum Gasteiger partial charge on any atom is -0.355 e. The maximum Gasteiger partial charge on any atom is 0.244 e. The molecule has 202 valence electrons. The van der Waals surface area contributed by atoms with Crippen LogP contribution in [0.5, 0.6) is 0 Å². The third kappa shape index (κ3) is 7.86. The summed E-state index contributed by atoms with van der Waals surface area (Å²) in [5.41, 5.74) is 1.63. The van der Waals surface area contributed by atoms with E-state index in [-0.39, 0.29) is 34.6 Å². The summed E-state index contributed by atoms with van der Waals surface area (Å²) < 4.78 is 26.5. The van der Waals surface area contributed by atoms with Gasteiger partial charge in [-0.25, -0.2) is 8.42 Å². The van der Waals surface area contributed by atoms with Gasteiger partial charge in [-0.3, -0.25) is 13.9 Å². The molecule has 7 nitrogen and oxygen atoms in total. The minimum atomic E-state index is -3.91. The van der Waals surface area contributed by atoms with Gasteiger partial charge < -0.3 is 10.2 Å². The molecule has 3 aromatic carbocycles. The Morgan fingerprint density at radius 2 is 1.55 bits per heavy atom. The molecule has 0 heterocycles. The molecule has 0 saturated heterocycles. The molecule has 0 saturated carbocycles. The second-order valence-electron chi connectivity index (χ2n) is 8.58. The van der Waals surface area contributed by atoms with Gasteiger partial charge >= 0.3 is 0 Å². The zero-order valence-electron chi connectivity index (χ0n) is 20.9. The fraction of sp³-hybridized carbons (Fsp3) is 0.259. The van der Waals surface area contributed by atoms with Crippen LogP contribution in [0.1, 0.15) is 18.1 Å². The third-order valence-electron chi connectivity index (χ3n) is 5.79. The molecule has 0 spiro atoms. The molecule has 0 bridgehead atoms. The Bertz CT molecular complexity index is 1390. The predicted octanol–water partition coefficient (Wildman–Crippen LogP) is 5.19. The molecule has 1 atom stereocenters. The number of nitrogens with one attached hydrogen (secondary N) is 1. The lowest BCUT2D eigenvalue weighted by Gasteiger charge is -2.33. The number of nitrogens with zero attached hydrogens (tertiary/aromatic N) is 2. The first kappa shape index (κ1) is 29.8. The number of hydrogen-bond acceptors (Lipinski definition) is 4. The molecular formula is C27H28Cl3N3O4S. The van der Waals surface area contributed by atoms with Crippen LogP contribution < -0.4 is 9.62 Å². The predicted molar refractivity (Wildman–Crippen MR) is 153 cm³/mol. The number of carbonyl (C=O) groups is 2. The smallest absolute Gasteiger partial charge is 0.244 e. The van der Waals surface area contributed by atoms with Gasteiger partial charge in [-0.1, -0.05) is 83.3 Å². The van der Waals surface area contributed by atoms with Gasteiger partial charge in [-0.2, -0.15) is 0 Å². The second-order valence-corrected chi connectivity index (χ2v) is 11.7. The molecule has 0 aliphatic carbocycles. The van der Waals surface area contributed by atoms with E-state index in [0.29, 0.717) is 17.1 Å². The van der Waals surface area contributed by atoms with Crippen LogP contribution in [0, 0.1) is 0 Å². The van der Waals surface area contributed by atoms with Crippen molar-refractivity contribution in [3.8, 4) is 0 Å². The van der Waals surface area contributed by atoms with Gasteiger partial charge in [0.15, 0.2) is 0 Å². The van der Waals surface area contributed by atoms with Crippen molar-refractivity contribution in [2.24, 2.45) is 0 Å². The van der Waals surface area contributed by atoms with E-state index in [0.717, 1.165) is 16.1 Å². The number of anilines is 1. The largest absolute Gasteiger partial charge is 0.355 e. The number of sulfonamides is 1. The average Bonchev–Trinajstić information content (AvgIpc) is 2.87. The summed E-state index contributed by atoms with van der Waals surface area (Å²) in [6, 6.07) is 19.6. The Kier molecular flexibility index (Phi) is 10.4. The summed E-state index contributed by atoms with van der Waals surface area (Å²) in [5.74, 6) is -0.953. The SMILES string of the molecule is CCNC(=O)C(Cc1ccccc1)N(Cc1ccccc1Cl)C(=O)CN(c1ccc(Cl)c(Cl)c1)S(C)(=O)=O. The fourth-order valence-corrected chi connectivity index (χ4v) is 5.24. The number of amides is 2. The van der Waals surface area contributed by atoms with Gasteiger partial charge in [0.2, 0.25) is 21.8 Å². The van der Waals surface area contributed by atoms with E-state index in [2.05, 4.69) is 5.32 Å². The van der Waals surface area contributed by atoms with E-state index in [4.69, 9.17) is 34.8 Å². The summed E-state index contributed by atoms with van der Waals surface area (Å²) in [6.07, 6.45) is 1.21. The molecule has 2 amide bonds. The Morgan fingerprint density at radius 1 is 0.895 bits per heavy atom. The Labute approximate surface area is 238 Å². The topological polar surface area (TPSA) is 86.8 Å². The molecule has 0 aromatic heterocycles. The average molecular weight is 597 g/mol. The summed E-state index contributed by atoms with van der Waals surface area (Å²) in [7, 11) is -3.91. The summed E-state index contributed by atoms with van der Waals surface area (Å²) >= 11 is 18.6. The zero-order valence-corrected chi connectivity index (χ0v) is 24.0. The molecule has 0 aliphatic heterocycles. The number of likely N-dealkylation sites (N-methyl/N-ethyl adjacent to an activating group) is 1. The number of carbonyl (C=O) groups excluding carboxylic acids is 2. The molecule has 11 heteroatoms. The molecule has 3 rings (SSSR count). The van der Waals surface area contributed by atoms with Crippen LogP contribution in [0.15, 0.2) is 72.8 Å². The van der Waals surface area contributed by atoms with E-state index in [9.17, 15) is 18.0 Å². The maximum atomic E-state index is 13.9. The number of benzene rings is 3. The first-order valence-electron chi connectivity index (χ1n) is 11.8. The lowest BCUT2D eigenvalue weighted by molar-refractivity contribution is -0.140. The second kappa shape index (κ2) is 13.3. The minimum absolute atomic E-state index is 0.00782. The van der Waals surface area contributed by atoms with Gasteiger partial charge in [0.1, 0.15) is 12.6 Å². The Balaban J connectivity index is 2.06. The standard InChI is InChI=1S/C27H28Cl3N3O4S/c1-3-31-27(35)25(15-19-9-5-4-6-10-19)32(17-20-11-7-8-12-22(20)28)26(34)18-33(38(2,36)37)21-13-14-23(29)24(30)16-21/h4-14,16,25H,3,15,17-18H2,1-2H3,(H,31,35). The van der Waals surface area contributed by atoms with Crippen LogP contribution >= 0.6 is 34.8 Å². The van der Waals surface area contributed by atoms with Gasteiger partial charge in [0, 0.05) is 24.5 Å². The van der Waals surface area contributed by atoms with Crippen molar-refractivity contribution < 1.29 is 18.0 Å². The van der Waals surface area contributed by atoms with Crippen molar-refractivity contribution in [2.45, 2.75) is 25.9 Å². The molecular weight excluding hydrogens is 569 g/mol. The van der Waals surface area contributed by atoms with Gasteiger partial charge in [0.25, 0.3) is 0 Å². The van der Waals surface area contributed by atoms with Gasteiger partial charge in [0.05, 0.1) is 22.0 Å². The maximum absolute atomic E-state index is 13.9. The van der Waals surface area contributed by atoms with Crippen molar-refractivity contribution in [1.29, 1.82) is 0 Å². The number of halogens is 3. The normalized spacial score (nSPS) is 12.0. The molecule has 1 N–H and O–H groups in total. The van der Waals surface area contributed by atoms with Crippen molar-refractivity contribution in [3.63, 3.8) is 0 Å². The Hall–Kier alpha value is -2.78. The lowest BCUT2D eigenvalue weighted by Crippen LogP contribution is -2.53. The Morgan fingerprint density at radius 3 is 2.16 bits per heavy atom. The first-order valence-corrected chi connectivity index (χ1v) is 14.8. The zero-order chi connectivity index (χ0) is 27.9. The van der Waals surface area contributed by atoms with E-state index in [1.165, 1.54) is 23.1 Å². The molecule has 3 aromatic rings. The molecule has 0 fully saturated rings. The highest BCUT2D eigenvalue weighted by molar-refractivity contribution is 7.92. The van der Waals surface area contributed by atoms with Crippen LogP contribution in [-0.4, -0.2) is 50.5 Å². The quantitative estimate of drug-likeness (QED) is 0.330. The fourth-order valence-electron chi connectivity index (χ4n) is 3.91. The monoisotopic (exact) mass is 595 g/mol. The van der Waals surface area contributed by atoms with Crippen molar-refractivity contribution in [3.05, 3.63) is 99.0 Å². The van der Waals surface area contributed by atoms with Crippen LogP contribution in [0.4, 0.5) is 5.69 Å². The van der Waals surface area contributed by atoms with E-state index in [1.54, 1.807) is 31.2 Å². The summed E-state index contributed by atoms with van der Waals surface area (Å²) in [6.45, 7) is 1.57.